The number of amides is 2. The average Bonchev–Trinajstić information content (AvgIpc) is 2.76. The Morgan fingerprint density at radius 1 is 1.43 bits per heavy atom. The van der Waals surface area contributed by atoms with Crippen molar-refractivity contribution in [2.75, 3.05) is 0 Å². The summed E-state index contributed by atoms with van der Waals surface area (Å²) in [4.78, 5) is 34.5. The van der Waals surface area contributed by atoms with Crippen molar-refractivity contribution < 1.29 is 19.5 Å². The van der Waals surface area contributed by atoms with Gasteiger partial charge in [0.05, 0.1) is 22.7 Å². The fourth-order valence-corrected chi connectivity index (χ4v) is 2.75. The van der Waals surface area contributed by atoms with Crippen LogP contribution < -0.4 is 5.32 Å². The van der Waals surface area contributed by atoms with E-state index in [9.17, 15) is 19.5 Å². The zero-order valence-corrected chi connectivity index (χ0v) is 11.3. The van der Waals surface area contributed by atoms with Crippen LogP contribution in [-0.2, 0) is 16.6 Å². The van der Waals surface area contributed by atoms with Crippen LogP contribution in [0.2, 0.25) is 0 Å². The van der Waals surface area contributed by atoms with Gasteiger partial charge in [-0.15, -0.1) is 0 Å². The second-order valence-corrected chi connectivity index (χ2v) is 5.02. The summed E-state index contributed by atoms with van der Waals surface area (Å²) >= 11 is 0. The number of para-hydroxylation sites is 1. The first-order valence-electron chi connectivity index (χ1n) is 6.51. The molecule has 1 saturated heterocycles. The van der Waals surface area contributed by atoms with Crippen LogP contribution in [-0.4, -0.2) is 32.7 Å². The minimum atomic E-state index is -1.04. The summed E-state index contributed by atoms with van der Waals surface area (Å²) in [7, 11) is 1.64. The van der Waals surface area contributed by atoms with Crippen LogP contribution in [0.5, 0.6) is 0 Å². The van der Waals surface area contributed by atoms with E-state index in [0.717, 1.165) is 0 Å². The molecule has 2 N–H and O–H groups in total. The highest BCUT2D eigenvalue weighted by Gasteiger charge is 2.32. The Hall–Kier alpha value is -2.70. The van der Waals surface area contributed by atoms with Gasteiger partial charge in [-0.25, -0.2) is 4.79 Å². The van der Waals surface area contributed by atoms with Crippen LogP contribution >= 0.6 is 0 Å². The van der Waals surface area contributed by atoms with Crippen molar-refractivity contribution in [3.05, 3.63) is 29.5 Å². The van der Waals surface area contributed by atoms with Crippen molar-refractivity contribution in [3.8, 4) is 0 Å². The summed E-state index contributed by atoms with van der Waals surface area (Å²) < 4.78 is 1.47. The molecule has 3 rings (SSSR count). The first-order chi connectivity index (χ1) is 9.99. The molecule has 0 radical (unpaired) electrons. The van der Waals surface area contributed by atoms with Gasteiger partial charge < -0.3 is 5.11 Å². The van der Waals surface area contributed by atoms with Crippen LogP contribution in [0, 0.1) is 0 Å². The lowest BCUT2D eigenvalue weighted by Gasteiger charge is -2.19. The summed E-state index contributed by atoms with van der Waals surface area (Å²) in [5.41, 5.74) is 1.13. The number of aryl methyl sites for hydroxylation is 1. The number of aromatic nitrogens is 2. The molecule has 2 aromatic rings. The Morgan fingerprint density at radius 2 is 2.19 bits per heavy atom. The lowest BCUT2D eigenvalue weighted by atomic mass is 9.92. The number of aromatic carboxylic acids is 1. The number of carboxylic acid groups (broad SMARTS) is 1. The van der Waals surface area contributed by atoms with E-state index in [1.54, 1.807) is 19.2 Å². The SMILES string of the molecule is Cn1nc(C2CCC(=O)NC2=O)c2cccc(C(=O)O)c21. The van der Waals surface area contributed by atoms with Crippen molar-refractivity contribution >= 4 is 28.7 Å². The van der Waals surface area contributed by atoms with Crippen molar-refractivity contribution in [1.29, 1.82) is 0 Å². The maximum atomic E-state index is 12.0. The van der Waals surface area contributed by atoms with E-state index in [-0.39, 0.29) is 23.8 Å². The Morgan fingerprint density at radius 3 is 2.86 bits per heavy atom. The molecule has 1 aliphatic rings. The summed E-state index contributed by atoms with van der Waals surface area (Å²) in [5, 5.41) is 16.5. The zero-order valence-electron chi connectivity index (χ0n) is 11.3. The molecular weight excluding hydrogens is 274 g/mol. The van der Waals surface area contributed by atoms with Gasteiger partial charge in [0.2, 0.25) is 11.8 Å². The fraction of sp³-hybridized carbons (Fsp3) is 0.286. The number of benzene rings is 1. The zero-order chi connectivity index (χ0) is 15.1. The van der Waals surface area contributed by atoms with Crippen LogP contribution in [0.15, 0.2) is 18.2 Å². The number of hydrogen-bond donors (Lipinski definition) is 2. The average molecular weight is 287 g/mol. The summed E-state index contributed by atoms with van der Waals surface area (Å²) in [6.07, 6.45) is 0.640. The highest BCUT2D eigenvalue weighted by Crippen LogP contribution is 2.31. The molecule has 1 aromatic carbocycles. The summed E-state index contributed by atoms with van der Waals surface area (Å²) in [6, 6.07) is 4.87. The third kappa shape index (κ3) is 2.06. The number of imide groups is 1. The maximum Gasteiger partial charge on any atom is 0.337 e. The molecule has 0 aliphatic carbocycles. The number of fused-ring (bicyclic) bond motifs is 1. The van der Waals surface area contributed by atoms with E-state index in [1.807, 2.05) is 0 Å². The molecule has 2 heterocycles. The smallest absolute Gasteiger partial charge is 0.337 e. The largest absolute Gasteiger partial charge is 0.478 e. The monoisotopic (exact) mass is 287 g/mol. The van der Waals surface area contributed by atoms with Crippen LogP contribution in [0.25, 0.3) is 10.9 Å². The molecule has 1 aromatic heterocycles. The highest BCUT2D eigenvalue weighted by atomic mass is 16.4. The number of carbonyl (C=O) groups is 3. The lowest BCUT2D eigenvalue weighted by Crippen LogP contribution is -2.39. The van der Waals surface area contributed by atoms with Gasteiger partial charge in [0.15, 0.2) is 0 Å². The molecule has 0 bridgehead atoms. The van der Waals surface area contributed by atoms with E-state index >= 15 is 0 Å². The third-order valence-corrected chi connectivity index (χ3v) is 3.69. The molecule has 21 heavy (non-hydrogen) atoms. The molecule has 1 atom stereocenters. The van der Waals surface area contributed by atoms with E-state index in [4.69, 9.17) is 0 Å². The van der Waals surface area contributed by atoms with Crippen molar-refractivity contribution in [2.45, 2.75) is 18.8 Å². The number of nitrogens with zero attached hydrogens (tertiary/aromatic N) is 2. The van der Waals surface area contributed by atoms with E-state index in [2.05, 4.69) is 10.4 Å². The van der Waals surface area contributed by atoms with E-state index in [1.165, 1.54) is 10.7 Å². The number of carboxylic acids is 1. The van der Waals surface area contributed by atoms with Gasteiger partial charge in [-0.05, 0) is 12.5 Å². The lowest BCUT2D eigenvalue weighted by molar-refractivity contribution is -0.134. The molecule has 0 spiro atoms. The number of nitrogens with one attached hydrogen (secondary N) is 1. The standard InChI is InChI=1S/C14H13N3O4/c1-17-12-7(3-2-4-9(12)14(20)21)11(16-17)8-5-6-10(18)15-13(8)19/h2-4,8H,5-6H2,1H3,(H,20,21)(H,15,18,19). The fourth-order valence-electron chi connectivity index (χ4n) is 2.75. The van der Waals surface area contributed by atoms with Crippen molar-refractivity contribution in [2.24, 2.45) is 7.05 Å². The molecule has 7 nitrogen and oxygen atoms in total. The highest BCUT2D eigenvalue weighted by molar-refractivity contribution is 6.06. The Labute approximate surface area is 119 Å². The molecule has 1 aliphatic heterocycles. The topological polar surface area (TPSA) is 101 Å². The van der Waals surface area contributed by atoms with Gasteiger partial charge >= 0.3 is 5.97 Å². The Bertz CT molecular complexity index is 778. The number of piperidine rings is 1. The van der Waals surface area contributed by atoms with Gasteiger partial charge in [0, 0.05) is 18.9 Å². The first-order valence-corrected chi connectivity index (χ1v) is 6.51. The molecule has 2 amide bonds. The van der Waals surface area contributed by atoms with Gasteiger partial charge in [-0.3, -0.25) is 19.6 Å². The Balaban J connectivity index is 2.17. The molecule has 1 fully saturated rings. The maximum absolute atomic E-state index is 12.0. The summed E-state index contributed by atoms with van der Waals surface area (Å²) in [5.74, 6) is -2.25. The van der Waals surface area contributed by atoms with Crippen molar-refractivity contribution in [1.82, 2.24) is 15.1 Å². The van der Waals surface area contributed by atoms with Gasteiger partial charge in [0.1, 0.15) is 0 Å². The number of rotatable bonds is 2. The van der Waals surface area contributed by atoms with E-state index < -0.39 is 11.9 Å². The predicted molar refractivity (Wildman–Crippen MR) is 72.8 cm³/mol. The second-order valence-electron chi connectivity index (χ2n) is 5.02. The minimum absolute atomic E-state index is 0.140. The predicted octanol–water partition coefficient (Wildman–Crippen LogP) is 0.792. The van der Waals surface area contributed by atoms with Crippen molar-refractivity contribution in [3.63, 3.8) is 0 Å². The Kier molecular flexibility index (Phi) is 2.97. The number of hydrogen-bond acceptors (Lipinski definition) is 4. The van der Waals surface area contributed by atoms with Crippen LogP contribution in [0.4, 0.5) is 0 Å². The minimum Gasteiger partial charge on any atom is -0.478 e. The van der Waals surface area contributed by atoms with Gasteiger partial charge in [-0.1, -0.05) is 12.1 Å². The van der Waals surface area contributed by atoms with Crippen LogP contribution in [0.3, 0.4) is 0 Å². The quantitative estimate of drug-likeness (QED) is 0.795. The first kappa shape index (κ1) is 13.3. The molecule has 108 valence electrons. The molecule has 1 unspecified atom stereocenters. The van der Waals surface area contributed by atoms with E-state index in [0.29, 0.717) is 23.0 Å². The van der Waals surface area contributed by atoms with Gasteiger partial charge in [0.25, 0.3) is 0 Å². The number of carbonyl (C=O) groups excluding carboxylic acids is 2. The van der Waals surface area contributed by atoms with Gasteiger partial charge in [-0.2, -0.15) is 5.10 Å². The van der Waals surface area contributed by atoms with Crippen LogP contribution in [0.1, 0.15) is 34.8 Å². The summed E-state index contributed by atoms with van der Waals surface area (Å²) in [6.45, 7) is 0. The third-order valence-electron chi connectivity index (χ3n) is 3.69. The molecule has 7 heteroatoms. The normalized spacial score (nSPS) is 18.8. The molecule has 0 saturated carbocycles. The second kappa shape index (κ2) is 4.69. The molecular formula is C14H13N3O4.